The second-order valence-corrected chi connectivity index (χ2v) is 6.20. The summed E-state index contributed by atoms with van der Waals surface area (Å²) in [5.41, 5.74) is 0.620. The molecule has 3 N–H and O–H groups in total. The van der Waals surface area contributed by atoms with Crippen LogP contribution in [0.1, 0.15) is 5.76 Å². The first kappa shape index (κ1) is 14.1. The fraction of sp³-hybridized carbons (Fsp3) is 0.167. The van der Waals surface area contributed by atoms with E-state index in [2.05, 4.69) is 5.32 Å². The van der Waals surface area contributed by atoms with E-state index in [9.17, 15) is 8.42 Å². The molecule has 9 heteroatoms. The van der Waals surface area contributed by atoms with Crippen molar-refractivity contribution >= 4 is 27.3 Å². The number of hydrogen-bond donors (Lipinski definition) is 2. The lowest BCUT2D eigenvalue weighted by molar-refractivity contribution is 0.174. The van der Waals surface area contributed by atoms with E-state index in [0.29, 0.717) is 28.0 Å². The van der Waals surface area contributed by atoms with Crippen LogP contribution in [0.5, 0.6) is 11.5 Å². The largest absolute Gasteiger partial charge is 0.454 e. The van der Waals surface area contributed by atoms with Gasteiger partial charge in [-0.1, -0.05) is 11.6 Å². The number of halogens is 1. The first-order chi connectivity index (χ1) is 9.93. The van der Waals surface area contributed by atoms with Gasteiger partial charge in [0.15, 0.2) is 11.5 Å². The zero-order valence-electron chi connectivity index (χ0n) is 10.6. The molecule has 0 saturated heterocycles. The maximum absolute atomic E-state index is 11.1. The number of anilines is 1. The Hall–Kier alpha value is -1.90. The summed E-state index contributed by atoms with van der Waals surface area (Å²) in [4.78, 5) is 0. The molecule has 0 radical (unpaired) electrons. The van der Waals surface area contributed by atoms with E-state index in [4.69, 9.17) is 30.6 Å². The maximum atomic E-state index is 11.1. The van der Waals surface area contributed by atoms with Crippen molar-refractivity contribution in [2.75, 3.05) is 12.1 Å². The fourth-order valence-electron chi connectivity index (χ4n) is 1.84. The van der Waals surface area contributed by atoms with E-state index in [0.717, 1.165) is 0 Å². The van der Waals surface area contributed by atoms with E-state index in [1.165, 1.54) is 12.1 Å². The van der Waals surface area contributed by atoms with Gasteiger partial charge < -0.3 is 19.2 Å². The van der Waals surface area contributed by atoms with Crippen LogP contribution in [0, 0.1) is 0 Å². The van der Waals surface area contributed by atoms with Crippen molar-refractivity contribution in [1.82, 2.24) is 0 Å². The molecule has 0 saturated carbocycles. The third-order valence-corrected chi connectivity index (χ3v) is 3.93. The van der Waals surface area contributed by atoms with Crippen molar-refractivity contribution in [3.05, 3.63) is 35.0 Å². The van der Waals surface area contributed by atoms with Gasteiger partial charge in [0.25, 0.3) is 10.0 Å². The molecule has 3 rings (SSSR count). The summed E-state index contributed by atoms with van der Waals surface area (Å²) in [5.74, 6) is 1.58. The summed E-state index contributed by atoms with van der Waals surface area (Å²) in [5, 5.41) is 8.17. The van der Waals surface area contributed by atoms with Gasteiger partial charge in [0.2, 0.25) is 11.9 Å². The summed E-state index contributed by atoms with van der Waals surface area (Å²) in [6, 6.07) is 6.17. The molecule has 0 bridgehead atoms. The van der Waals surface area contributed by atoms with Gasteiger partial charge in [0, 0.05) is 12.1 Å². The highest BCUT2D eigenvalue weighted by atomic mass is 35.5. The lowest BCUT2D eigenvalue weighted by Gasteiger charge is -2.08. The quantitative estimate of drug-likeness (QED) is 0.887. The first-order valence-corrected chi connectivity index (χ1v) is 7.80. The fourth-order valence-corrected chi connectivity index (χ4v) is 2.54. The Kier molecular flexibility index (Phi) is 3.44. The van der Waals surface area contributed by atoms with E-state index in [1.807, 2.05) is 0 Å². The Morgan fingerprint density at radius 2 is 1.95 bits per heavy atom. The van der Waals surface area contributed by atoms with Crippen LogP contribution in [0.15, 0.2) is 33.8 Å². The smallest absolute Gasteiger partial charge is 0.271 e. The Morgan fingerprint density at radius 3 is 2.62 bits per heavy atom. The molecule has 2 heterocycles. The zero-order valence-corrected chi connectivity index (χ0v) is 12.2. The van der Waals surface area contributed by atoms with Crippen LogP contribution < -0.4 is 19.9 Å². The number of ether oxygens (including phenoxy) is 2. The van der Waals surface area contributed by atoms with Crippen molar-refractivity contribution < 1.29 is 22.3 Å². The molecular weight excluding hydrogens is 320 g/mol. The number of sulfonamides is 1. The molecule has 0 spiro atoms. The summed E-state index contributed by atoms with van der Waals surface area (Å²) in [6.07, 6.45) is 0. The molecule has 7 nitrogen and oxygen atoms in total. The van der Waals surface area contributed by atoms with Crippen LogP contribution in [-0.2, 0) is 16.6 Å². The topological polar surface area (TPSA) is 104 Å². The van der Waals surface area contributed by atoms with Gasteiger partial charge >= 0.3 is 0 Å². The SMILES string of the molecule is NS(=O)(=O)c1ccc(CNc2cc3c(cc2Cl)OCO3)o1. The molecule has 112 valence electrons. The van der Waals surface area contributed by atoms with Gasteiger partial charge in [-0.05, 0) is 12.1 Å². The van der Waals surface area contributed by atoms with Gasteiger partial charge in [-0.25, -0.2) is 13.6 Å². The van der Waals surface area contributed by atoms with E-state index >= 15 is 0 Å². The summed E-state index contributed by atoms with van der Waals surface area (Å²) in [6.45, 7) is 0.403. The number of nitrogens with two attached hydrogens (primary N) is 1. The van der Waals surface area contributed by atoms with E-state index in [1.54, 1.807) is 12.1 Å². The highest BCUT2D eigenvalue weighted by Crippen LogP contribution is 2.39. The van der Waals surface area contributed by atoms with Gasteiger partial charge in [0.1, 0.15) is 5.76 Å². The van der Waals surface area contributed by atoms with Crippen molar-refractivity contribution in [1.29, 1.82) is 0 Å². The highest BCUT2D eigenvalue weighted by Gasteiger charge is 2.17. The maximum Gasteiger partial charge on any atom is 0.271 e. The van der Waals surface area contributed by atoms with Gasteiger partial charge in [-0.3, -0.25) is 0 Å². The highest BCUT2D eigenvalue weighted by molar-refractivity contribution is 7.89. The van der Waals surface area contributed by atoms with Gasteiger partial charge in [-0.2, -0.15) is 0 Å². The molecule has 1 aliphatic rings. The Balaban J connectivity index is 1.75. The van der Waals surface area contributed by atoms with Crippen LogP contribution in [0.2, 0.25) is 5.02 Å². The van der Waals surface area contributed by atoms with Crippen LogP contribution in [0.25, 0.3) is 0 Å². The molecule has 21 heavy (non-hydrogen) atoms. The van der Waals surface area contributed by atoms with Gasteiger partial charge in [-0.15, -0.1) is 0 Å². The predicted octanol–water partition coefficient (Wildman–Crippen LogP) is 1.92. The number of benzene rings is 1. The number of fused-ring (bicyclic) bond motifs is 1. The lowest BCUT2D eigenvalue weighted by atomic mass is 10.2. The first-order valence-electron chi connectivity index (χ1n) is 5.88. The minimum absolute atomic E-state index is 0.158. The lowest BCUT2D eigenvalue weighted by Crippen LogP contribution is -2.10. The molecule has 0 amide bonds. The van der Waals surface area contributed by atoms with Crippen LogP contribution in [0.3, 0.4) is 0 Å². The standard InChI is InChI=1S/C12H11ClN2O5S/c13-8-3-10-11(19-6-18-10)4-9(8)15-5-7-1-2-12(20-7)21(14,16)17/h1-4,15H,5-6H2,(H2,14,16,17). The van der Waals surface area contributed by atoms with Crippen LogP contribution in [-0.4, -0.2) is 15.2 Å². The average Bonchev–Trinajstić information content (AvgIpc) is 3.03. The molecule has 2 aromatic rings. The molecule has 0 unspecified atom stereocenters. The Morgan fingerprint density at radius 1 is 1.24 bits per heavy atom. The Bertz CT molecular complexity index is 787. The molecule has 1 aromatic carbocycles. The minimum Gasteiger partial charge on any atom is -0.454 e. The molecule has 0 atom stereocenters. The minimum atomic E-state index is -3.84. The number of nitrogens with one attached hydrogen (secondary N) is 1. The van der Waals surface area contributed by atoms with Crippen molar-refractivity contribution in [2.45, 2.75) is 11.6 Å². The zero-order chi connectivity index (χ0) is 15.0. The second kappa shape index (κ2) is 5.14. The molecular formula is C12H11ClN2O5S. The number of hydrogen-bond acceptors (Lipinski definition) is 6. The van der Waals surface area contributed by atoms with Crippen LogP contribution >= 0.6 is 11.6 Å². The number of furan rings is 1. The Labute approximate surface area is 125 Å². The summed E-state index contributed by atoms with van der Waals surface area (Å²) >= 11 is 6.11. The second-order valence-electron chi connectivity index (χ2n) is 4.30. The van der Waals surface area contributed by atoms with Crippen LogP contribution in [0.4, 0.5) is 5.69 Å². The normalized spacial score (nSPS) is 13.4. The molecule has 1 aromatic heterocycles. The van der Waals surface area contributed by atoms with Gasteiger partial charge in [0.05, 0.1) is 17.3 Å². The average molecular weight is 331 g/mol. The predicted molar refractivity (Wildman–Crippen MR) is 75.0 cm³/mol. The third-order valence-electron chi connectivity index (χ3n) is 2.83. The van der Waals surface area contributed by atoms with E-state index in [-0.39, 0.29) is 18.4 Å². The van der Waals surface area contributed by atoms with Crippen molar-refractivity contribution in [3.8, 4) is 11.5 Å². The number of rotatable bonds is 4. The summed E-state index contributed by atoms with van der Waals surface area (Å²) in [7, 11) is -3.84. The number of primary sulfonamides is 1. The summed E-state index contributed by atoms with van der Waals surface area (Å²) < 4.78 is 37.8. The van der Waals surface area contributed by atoms with Crippen molar-refractivity contribution in [3.63, 3.8) is 0 Å². The molecule has 0 aliphatic carbocycles. The van der Waals surface area contributed by atoms with Crippen molar-refractivity contribution in [2.24, 2.45) is 5.14 Å². The third kappa shape index (κ3) is 2.92. The molecule has 0 fully saturated rings. The molecule has 1 aliphatic heterocycles. The van der Waals surface area contributed by atoms with E-state index < -0.39 is 10.0 Å². The monoisotopic (exact) mass is 330 g/mol.